The molecule has 3 aromatic rings. The van der Waals surface area contributed by atoms with Crippen molar-refractivity contribution in [1.82, 2.24) is 20.2 Å². The molecule has 0 bridgehead atoms. The fourth-order valence-electron chi connectivity index (χ4n) is 2.00. The summed E-state index contributed by atoms with van der Waals surface area (Å²) in [7, 11) is 0. The number of carbonyl (C=O) groups excluding carboxylic acids is 1. The second-order valence-electron chi connectivity index (χ2n) is 4.97. The second-order valence-corrected chi connectivity index (χ2v) is 6.28. The van der Waals surface area contributed by atoms with Gasteiger partial charge in [-0.1, -0.05) is 36.0 Å². The average Bonchev–Trinajstić information content (AvgIpc) is 3.04. The molecule has 0 aliphatic rings. The number of aromatic nitrogens is 4. The predicted octanol–water partition coefficient (Wildman–Crippen LogP) is 2.92. The molecule has 122 valence electrons. The van der Waals surface area contributed by atoms with Crippen molar-refractivity contribution >= 4 is 23.4 Å². The molecular formula is C16H14FN5OS. The van der Waals surface area contributed by atoms with Gasteiger partial charge in [0.05, 0.1) is 10.9 Å². The van der Waals surface area contributed by atoms with Gasteiger partial charge in [-0.05, 0) is 47.7 Å². The van der Waals surface area contributed by atoms with Crippen LogP contribution in [0.4, 0.5) is 10.1 Å². The maximum atomic E-state index is 13.4. The van der Waals surface area contributed by atoms with Crippen molar-refractivity contribution in [3.63, 3.8) is 0 Å². The van der Waals surface area contributed by atoms with E-state index in [9.17, 15) is 9.18 Å². The summed E-state index contributed by atoms with van der Waals surface area (Å²) in [4.78, 5) is 12.3. The lowest BCUT2D eigenvalue weighted by atomic mass is 10.3. The molecule has 0 saturated carbocycles. The lowest BCUT2D eigenvalue weighted by Gasteiger charge is -2.11. The highest BCUT2D eigenvalue weighted by Gasteiger charge is 2.19. The van der Waals surface area contributed by atoms with Crippen LogP contribution in [0.25, 0.3) is 5.69 Å². The minimum Gasteiger partial charge on any atom is -0.325 e. The van der Waals surface area contributed by atoms with Crippen molar-refractivity contribution in [3.8, 4) is 5.69 Å². The summed E-state index contributed by atoms with van der Waals surface area (Å²) < 4.78 is 14.8. The van der Waals surface area contributed by atoms with Crippen LogP contribution in [0.15, 0.2) is 59.8 Å². The van der Waals surface area contributed by atoms with Crippen molar-refractivity contribution in [2.75, 3.05) is 5.32 Å². The van der Waals surface area contributed by atoms with Gasteiger partial charge in [0.25, 0.3) is 0 Å². The highest BCUT2D eigenvalue weighted by molar-refractivity contribution is 8.00. The maximum Gasteiger partial charge on any atom is 0.237 e. The van der Waals surface area contributed by atoms with Crippen LogP contribution in [0.2, 0.25) is 0 Å². The Labute approximate surface area is 142 Å². The highest BCUT2D eigenvalue weighted by atomic mass is 32.2. The number of halogens is 1. The summed E-state index contributed by atoms with van der Waals surface area (Å²) in [6, 6.07) is 15.1. The van der Waals surface area contributed by atoms with Gasteiger partial charge in [-0.2, -0.15) is 4.68 Å². The number of amides is 1. The summed E-state index contributed by atoms with van der Waals surface area (Å²) in [5.74, 6) is -0.547. The lowest BCUT2D eigenvalue weighted by molar-refractivity contribution is -0.115. The monoisotopic (exact) mass is 343 g/mol. The van der Waals surface area contributed by atoms with Crippen LogP contribution in [-0.2, 0) is 4.79 Å². The van der Waals surface area contributed by atoms with E-state index in [-0.39, 0.29) is 11.7 Å². The Bertz CT molecular complexity index is 839. The van der Waals surface area contributed by atoms with Gasteiger partial charge in [-0.15, -0.1) is 5.10 Å². The SMILES string of the molecule is C[C@@H](Sc1nnnn1-c1cccc(F)c1)C(=O)Nc1ccccc1. The molecule has 0 unspecified atom stereocenters. The molecule has 24 heavy (non-hydrogen) atoms. The van der Waals surface area contributed by atoms with Crippen LogP contribution >= 0.6 is 11.8 Å². The van der Waals surface area contributed by atoms with Gasteiger partial charge in [0.15, 0.2) is 0 Å². The zero-order chi connectivity index (χ0) is 16.9. The molecule has 1 aromatic heterocycles. The van der Waals surface area contributed by atoms with Crippen LogP contribution in [0.5, 0.6) is 0 Å². The van der Waals surface area contributed by atoms with Crippen molar-refractivity contribution in [1.29, 1.82) is 0 Å². The molecule has 0 fully saturated rings. The molecule has 0 radical (unpaired) electrons. The molecule has 0 saturated heterocycles. The van der Waals surface area contributed by atoms with Crippen LogP contribution in [0.3, 0.4) is 0 Å². The summed E-state index contributed by atoms with van der Waals surface area (Å²) in [6.45, 7) is 1.76. The zero-order valence-electron chi connectivity index (χ0n) is 12.8. The maximum absolute atomic E-state index is 13.4. The van der Waals surface area contributed by atoms with E-state index in [1.807, 2.05) is 30.3 Å². The van der Waals surface area contributed by atoms with E-state index < -0.39 is 5.25 Å². The first-order valence-corrected chi connectivity index (χ1v) is 8.08. The van der Waals surface area contributed by atoms with Gasteiger partial charge in [0.1, 0.15) is 5.82 Å². The Morgan fingerprint density at radius 1 is 1.21 bits per heavy atom. The molecule has 1 N–H and O–H groups in total. The number of thioether (sulfide) groups is 1. The van der Waals surface area contributed by atoms with E-state index in [0.29, 0.717) is 10.8 Å². The minimum absolute atomic E-state index is 0.167. The van der Waals surface area contributed by atoms with E-state index in [1.165, 1.54) is 28.6 Å². The first-order valence-electron chi connectivity index (χ1n) is 7.20. The number of para-hydroxylation sites is 1. The van der Waals surface area contributed by atoms with E-state index >= 15 is 0 Å². The number of benzene rings is 2. The summed E-state index contributed by atoms with van der Waals surface area (Å²) >= 11 is 1.20. The van der Waals surface area contributed by atoms with Gasteiger partial charge >= 0.3 is 0 Å². The van der Waals surface area contributed by atoms with E-state index in [2.05, 4.69) is 20.8 Å². The first-order chi connectivity index (χ1) is 11.6. The number of rotatable bonds is 5. The fourth-order valence-corrected chi connectivity index (χ4v) is 2.81. The molecule has 0 aliphatic carbocycles. The van der Waals surface area contributed by atoms with Crippen molar-refractivity contribution in [2.24, 2.45) is 0 Å². The first kappa shape index (κ1) is 16.1. The predicted molar refractivity (Wildman–Crippen MR) is 89.5 cm³/mol. The van der Waals surface area contributed by atoms with Crippen LogP contribution < -0.4 is 5.32 Å². The minimum atomic E-state index is -0.427. The Hall–Kier alpha value is -2.74. The standard InChI is InChI=1S/C16H14FN5OS/c1-11(15(23)18-13-7-3-2-4-8-13)24-16-19-20-21-22(16)14-9-5-6-12(17)10-14/h2-11H,1H3,(H,18,23)/t11-/m1/s1. The lowest BCUT2D eigenvalue weighted by Crippen LogP contribution is -2.22. The number of anilines is 1. The molecule has 1 heterocycles. The third kappa shape index (κ3) is 3.77. The number of nitrogens with one attached hydrogen (secondary N) is 1. The molecule has 6 nitrogen and oxygen atoms in total. The number of tetrazole rings is 1. The largest absolute Gasteiger partial charge is 0.325 e. The van der Waals surface area contributed by atoms with E-state index in [1.54, 1.807) is 19.1 Å². The van der Waals surface area contributed by atoms with Gasteiger partial charge in [-0.3, -0.25) is 4.79 Å². The molecule has 2 aromatic carbocycles. The van der Waals surface area contributed by atoms with Crippen molar-refractivity contribution in [3.05, 3.63) is 60.4 Å². The van der Waals surface area contributed by atoms with Gasteiger partial charge < -0.3 is 5.32 Å². The van der Waals surface area contributed by atoms with Crippen molar-refractivity contribution < 1.29 is 9.18 Å². The highest BCUT2D eigenvalue weighted by Crippen LogP contribution is 2.24. The third-order valence-corrected chi connectivity index (χ3v) is 4.22. The van der Waals surface area contributed by atoms with Gasteiger partial charge in [-0.25, -0.2) is 4.39 Å². The summed E-state index contributed by atoms with van der Waals surface area (Å²) in [5, 5.41) is 14.2. The van der Waals surface area contributed by atoms with Crippen LogP contribution in [0.1, 0.15) is 6.92 Å². The number of carbonyl (C=O) groups is 1. The number of hydrogen-bond acceptors (Lipinski definition) is 5. The molecule has 3 rings (SSSR count). The smallest absolute Gasteiger partial charge is 0.237 e. The topological polar surface area (TPSA) is 72.7 Å². The van der Waals surface area contributed by atoms with E-state index in [4.69, 9.17) is 0 Å². The second kappa shape index (κ2) is 7.22. The third-order valence-electron chi connectivity index (χ3n) is 3.19. The van der Waals surface area contributed by atoms with E-state index in [0.717, 1.165) is 5.69 Å². The molecule has 8 heteroatoms. The molecule has 1 atom stereocenters. The average molecular weight is 343 g/mol. The van der Waals surface area contributed by atoms with Gasteiger partial charge in [0, 0.05) is 5.69 Å². The van der Waals surface area contributed by atoms with Crippen LogP contribution in [0, 0.1) is 5.82 Å². The molecule has 0 spiro atoms. The fraction of sp³-hybridized carbons (Fsp3) is 0.125. The Morgan fingerprint density at radius 3 is 2.75 bits per heavy atom. The molecule has 0 aliphatic heterocycles. The van der Waals surface area contributed by atoms with Crippen LogP contribution in [-0.4, -0.2) is 31.4 Å². The molecular weight excluding hydrogens is 329 g/mol. The Balaban J connectivity index is 1.72. The molecule has 1 amide bonds. The summed E-state index contributed by atoms with van der Waals surface area (Å²) in [5.41, 5.74) is 1.22. The quantitative estimate of drug-likeness (QED) is 0.721. The van der Waals surface area contributed by atoms with Crippen molar-refractivity contribution in [2.45, 2.75) is 17.3 Å². The Morgan fingerprint density at radius 2 is 2.00 bits per heavy atom. The number of hydrogen-bond donors (Lipinski definition) is 1. The number of nitrogens with zero attached hydrogens (tertiary/aromatic N) is 4. The Kier molecular flexibility index (Phi) is 4.85. The zero-order valence-corrected chi connectivity index (χ0v) is 13.6. The van der Waals surface area contributed by atoms with Gasteiger partial charge in [0.2, 0.25) is 11.1 Å². The normalized spacial score (nSPS) is 11.9. The summed E-state index contributed by atoms with van der Waals surface area (Å²) in [6.07, 6.45) is 0.